The fourth-order valence-corrected chi connectivity index (χ4v) is 3.10. The topological polar surface area (TPSA) is 58.4 Å². The maximum absolute atomic E-state index is 12.2. The highest BCUT2D eigenvalue weighted by Crippen LogP contribution is 2.20. The average molecular weight is 285 g/mol. The van der Waals surface area contributed by atoms with E-state index < -0.39 is 0 Å². The predicted molar refractivity (Wildman–Crippen MR) is 84.8 cm³/mol. The molecule has 0 aromatic heterocycles. The van der Waals surface area contributed by atoms with Gasteiger partial charge in [-0.3, -0.25) is 9.69 Å². The zero-order chi connectivity index (χ0) is 14.7. The predicted octanol–water partition coefficient (Wildman–Crippen LogP) is 2.12. The van der Waals surface area contributed by atoms with Crippen LogP contribution >= 0.6 is 0 Å². The van der Waals surface area contributed by atoms with E-state index in [0.29, 0.717) is 6.42 Å². The van der Waals surface area contributed by atoms with Crippen LogP contribution in [0.25, 0.3) is 0 Å². The number of nitrogens with one attached hydrogen (secondary N) is 1. The number of hydrogen-bond acceptors (Lipinski definition) is 3. The molecule has 1 amide bonds. The highest BCUT2D eigenvalue weighted by molar-refractivity contribution is 5.94. The molecule has 4 nitrogen and oxygen atoms in total. The number of nitrogens with two attached hydrogens (primary N) is 1. The summed E-state index contributed by atoms with van der Waals surface area (Å²) in [6, 6.07) is 8.18. The van der Waals surface area contributed by atoms with Crippen LogP contribution in [-0.4, -0.2) is 29.9 Å². The number of anilines is 1. The third kappa shape index (κ3) is 3.71. The summed E-state index contributed by atoms with van der Waals surface area (Å²) in [4.78, 5) is 14.6. The lowest BCUT2D eigenvalue weighted by atomic mass is 10.1. The van der Waals surface area contributed by atoms with Crippen LogP contribution in [0, 0.1) is 5.92 Å². The number of likely N-dealkylation sites (tertiary alicyclic amines) is 1. The molecule has 0 radical (unpaired) electrons. The first-order valence-electron chi connectivity index (χ1n) is 7.77. The maximum atomic E-state index is 12.2. The second-order valence-electron chi connectivity index (χ2n) is 6.06. The van der Waals surface area contributed by atoms with Crippen LogP contribution in [0.1, 0.15) is 24.8 Å². The quantitative estimate of drug-likeness (QED) is 0.833. The SMILES string of the molecule is NC1C=CC(C(=O)Nc2cccc(CN3CCCC3)c2)C1. The summed E-state index contributed by atoms with van der Waals surface area (Å²) in [5.74, 6) is -0.0558. The van der Waals surface area contributed by atoms with Gasteiger partial charge in [-0.25, -0.2) is 0 Å². The Morgan fingerprint density at radius 1 is 1.29 bits per heavy atom. The fraction of sp³-hybridized carbons (Fsp3) is 0.471. The molecular weight excluding hydrogens is 262 g/mol. The normalized spacial score (nSPS) is 25.4. The van der Waals surface area contributed by atoms with E-state index in [4.69, 9.17) is 5.73 Å². The Bertz CT molecular complexity index is 535. The zero-order valence-corrected chi connectivity index (χ0v) is 12.3. The van der Waals surface area contributed by atoms with Gasteiger partial charge in [-0.05, 0) is 50.0 Å². The van der Waals surface area contributed by atoms with Gasteiger partial charge in [0.25, 0.3) is 0 Å². The molecule has 1 heterocycles. The molecule has 2 unspecified atom stereocenters. The van der Waals surface area contributed by atoms with Gasteiger partial charge in [0.05, 0.1) is 5.92 Å². The van der Waals surface area contributed by atoms with Crippen molar-refractivity contribution in [3.05, 3.63) is 42.0 Å². The smallest absolute Gasteiger partial charge is 0.231 e. The molecule has 0 saturated carbocycles. The molecule has 3 rings (SSSR count). The molecular formula is C17H23N3O. The van der Waals surface area contributed by atoms with E-state index in [1.54, 1.807) is 0 Å². The highest BCUT2D eigenvalue weighted by Gasteiger charge is 2.22. The summed E-state index contributed by atoms with van der Waals surface area (Å²) in [6.07, 6.45) is 7.12. The van der Waals surface area contributed by atoms with E-state index in [2.05, 4.69) is 22.3 Å². The maximum Gasteiger partial charge on any atom is 0.231 e. The molecule has 0 bridgehead atoms. The van der Waals surface area contributed by atoms with E-state index in [1.807, 2.05) is 24.3 Å². The number of benzene rings is 1. The highest BCUT2D eigenvalue weighted by atomic mass is 16.1. The van der Waals surface area contributed by atoms with Crippen molar-refractivity contribution in [3.8, 4) is 0 Å². The van der Waals surface area contributed by atoms with E-state index >= 15 is 0 Å². The lowest BCUT2D eigenvalue weighted by molar-refractivity contribution is -0.118. The summed E-state index contributed by atoms with van der Waals surface area (Å²) in [5.41, 5.74) is 7.94. The first kappa shape index (κ1) is 14.3. The van der Waals surface area contributed by atoms with Crippen molar-refractivity contribution in [1.29, 1.82) is 0 Å². The Morgan fingerprint density at radius 2 is 2.10 bits per heavy atom. The van der Waals surface area contributed by atoms with Gasteiger partial charge in [0.1, 0.15) is 0 Å². The molecule has 2 aliphatic rings. The van der Waals surface area contributed by atoms with Gasteiger partial charge in [0.15, 0.2) is 0 Å². The van der Waals surface area contributed by atoms with Crippen LogP contribution in [0.5, 0.6) is 0 Å². The van der Waals surface area contributed by atoms with E-state index in [9.17, 15) is 4.79 Å². The van der Waals surface area contributed by atoms with Crippen LogP contribution in [0.2, 0.25) is 0 Å². The van der Waals surface area contributed by atoms with Crippen LogP contribution in [-0.2, 0) is 11.3 Å². The van der Waals surface area contributed by atoms with Gasteiger partial charge >= 0.3 is 0 Å². The number of carbonyl (C=O) groups is 1. The largest absolute Gasteiger partial charge is 0.326 e. The number of carbonyl (C=O) groups excluding carboxylic acids is 1. The van der Waals surface area contributed by atoms with Crippen molar-refractivity contribution >= 4 is 11.6 Å². The van der Waals surface area contributed by atoms with Gasteiger partial charge in [-0.2, -0.15) is 0 Å². The van der Waals surface area contributed by atoms with E-state index in [1.165, 1.54) is 31.5 Å². The first-order chi connectivity index (χ1) is 10.2. The van der Waals surface area contributed by atoms with E-state index in [-0.39, 0.29) is 17.9 Å². The Hall–Kier alpha value is -1.65. The lowest BCUT2D eigenvalue weighted by Crippen LogP contribution is -2.24. The third-order valence-corrected chi connectivity index (χ3v) is 4.25. The van der Waals surface area contributed by atoms with E-state index in [0.717, 1.165) is 12.2 Å². The number of rotatable bonds is 4. The van der Waals surface area contributed by atoms with Crippen molar-refractivity contribution in [2.24, 2.45) is 11.7 Å². The van der Waals surface area contributed by atoms with Crippen molar-refractivity contribution in [2.45, 2.75) is 31.8 Å². The summed E-state index contributed by atoms with van der Waals surface area (Å²) in [6.45, 7) is 3.33. The summed E-state index contributed by atoms with van der Waals surface area (Å²) in [7, 11) is 0. The monoisotopic (exact) mass is 285 g/mol. The van der Waals surface area contributed by atoms with Gasteiger partial charge in [-0.1, -0.05) is 24.3 Å². The molecule has 21 heavy (non-hydrogen) atoms. The van der Waals surface area contributed by atoms with Gasteiger partial charge < -0.3 is 11.1 Å². The molecule has 1 aromatic carbocycles. The Morgan fingerprint density at radius 3 is 2.81 bits per heavy atom. The van der Waals surface area contributed by atoms with Crippen LogP contribution in [0.3, 0.4) is 0 Å². The summed E-state index contributed by atoms with van der Waals surface area (Å²) in [5, 5.41) is 3.01. The molecule has 2 atom stereocenters. The number of nitrogens with zero attached hydrogens (tertiary/aromatic N) is 1. The van der Waals surface area contributed by atoms with Crippen LogP contribution in [0.15, 0.2) is 36.4 Å². The number of hydrogen-bond donors (Lipinski definition) is 2. The van der Waals surface area contributed by atoms with Gasteiger partial charge in [0.2, 0.25) is 5.91 Å². The van der Waals surface area contributed by atoms with Gasteiger partial charge in [0, 0.05) is 18.3 Å². The average Bonchev–Trinajstić information content (AvgIpc) is 3.11. The molecule has 112 valence electrons. The fourth-order valence-electron chi connectivity index (χ4n) is 3.10. The van der Waals surface area contributed by atoms with Crippen molar-refractivity contribution in [3.63, 3.8) is 0 Å². The summed E-state index contributed by atoms with van der Waals surface area (Å²) >= 11 is 0. The minimum absolute atomic E-state index is 0.0160. The first-order valence-corrected chi connectivity index (χ1v) is 7.77. The molecule has 1 fully saturated rings. The molecule has 1 aromatic rings. The third-order valence-electron chi connectivity index (χ3n) is 4.25. The molecule has 3 N–H and O–H groups in total. The minimum atomic E-state index is -0.0951. The number of amides is 1. The van der Waals surface area contributed by atoms with Crippen molar-refractivity contribution in [1.82, 2.24) is 4.90 Å². The van der Waals surface area contributed by atoms with Gasteiger partial charge in [-0.15, -0.1) is 0 Å². The Balaban J connectivity index is 1.60. The molecule has 1 aliphatic carbocycles. The second kappa shape index (κ2) is 6.41. The standard InChI is InChI=1S/C17H23N3O/c18-15-7-6-14(11-15)17(21)19-16-5-3-4-13(10-16)12-20-8-1-2-9-20/h3-7,10,14-15H,1-2,8-9,11-12,18H2,(H,19,21). The molecule has 0 spiro atoms. The minimum Gasteiger partial charge on any atom is -0.326 e. The second-order valence-corrected chi connectivity index (χ2v) is 6.06. The Labute approximate surface area is 126 Å². The van der Waals surface area contributed by atoms with Crippen molar-refractivity contribution in [2.75, 3.05) is 18.4 Å². The molecule has 4 heteroatoms. The molecule has 1 aliphatic heterocycles. The molecule has 1 saturated heterocycles. The summed E-state index contributed by atoms with van der Waals surface area (Å²) < 4.78 is 0. The zero-order valence-electron chi connectivity index (χ0n) is 12.3. The lowest BCUT2D eigenvalue weighted by Gasteiger charge is -2.16. The van der Waals surface area contributed by atoms with Crippen LogP contribution in [0.4, 0.5) is 5.69 Å². The van der Waals surface area contributed by atoms with Crippen molar-refractivity contribution < 1.29 is 4.79 Å². The Kier molecular flexibility index (Phi) is 4.36. The van der Waals surface area contributed by atoms with Crippen LogP contribution < -0.4 is 11.1 Å².